The number of benzene rings is 1. The van der Waals surface area contributed by atoms with Crippen molar-refractivity contribution in [2.45, 2.75) is 25.8 Å². The lowest BCUT2D eigenvalue weighted by molar-refractivity contribution is 0.263. The van der Waals surface area contributed by atoms with Crippen LogP contribution in [0.3, 0.4) is 0 Å². The molecule has 1 fully saturated rings. The van der Waals surface area contributed by atoms with Crippen molar-refractivity contribution in [3.63, 3.8) is 0 Å². The summed E-state index contributed by atoms with van der Waals surface area (Å²) in [7, 11) is -3.17. The number of piperidine rings is 1. The van der Waals surface area contributed by atoms with Crippen molar-refractivity contribution in [3.05, 3.63) is 66.4 Å². The Kier molecular flexibility index (Phi) is 5.78. The summed E-state index contributed by atoms with van der Waals surface area (Å²) in [6.45, 7) is 2.88. The lowest BCUT2D eigenvalue weighted by Gasteiger charge is -2.30. The molecule has 3 aromatic heterocycles. The molecule has 0 saturated carbocycles. The average molecular weight is 481 g/mol. The Labute approximate surface area is 197 Å². The van der Waals surface area contributed by atoms with Gasteiger partial charge in [-0.3, -0.25) is 14.6 Å². The number of hydrogen-bond donors (Lipinski definition) is 1. The van der Waals surface area contributed by atoms with Crippen molar-refractivity contribution in [1.29, 1.82) is 0 Å². The fraction of sp³-hybridized carbons (Fsp3) is 0.292. The van der Waals surface area contributed by atoms with E-state index in [1.807, 2.05) is 36.0 Å². The van der Waals surface area contributed by atoms with Gasteiger partial charge in [0.05, 0.1) is 29.9 Å². The Bertz CT molecular complexity index is 1460. The van der Waals surface area contributed by atoms with E-state index in [1.54, 1.807) is 24.5 Å². The van der Waals surface area contributed by atoms with Gasteiger partial charge in [0.1, 0.15) is 16.9 Å². The van der Waals surface area contributed by atoms with E-state index in [1.165, 1.54) is 16.6 Å². The molecule has 10 heteroatoms. The Hall–Kier alpha value is -3.37. The summed E-state index contributed by atoms with van der Waals surface area (Å²) in [4.78, 5) is 8.79. The van der Waals surface area contributed by atoms with Gasteiger partial charge < -0.3 is 5.32 Å². The van der Waals surface area contributed by atoms with Crippen LogP contribution in [-0.2, 0) is 10.0 Å². The number of nitrogens with zero attached hydrogens (tertiary/aromatic N) is 5. The summed E-state index contributed by atoms with van der Waals surface area (Å²) in [5, 5.41) is 8.14. The maximum atomic E-state index is 14.4. The van der Waals surface area contributed by atoms with Crippen LogP contribution in [0.15, 0.2) is 55.0 Å². The Balaban J connectivity index is 1.40. The molecule has 1 N–H and O–H groups in total. The lowest BCUT2D eigenvalue weighted by atomic mass is 10.1. The van der Waals surface area contributed by atoms with Gasteiger partial charge in [0.15, 0.2) is 0 Å². The van der Waals surface area contributed by atoms with Crippen LogP contribution in [0, 0.1) is 12.7 Å². The molecule has 0 radical (unpaired) electrons. The molecule has 8 nitrogen and oxygen atoms in total. The number of aromatic nitrogens is 4. The molecule has 34 heavy (non-hydrogen) atoms. The second kappa shape index (κ2) is 8.77. The highest BCUT2D eigenvalue weighted by atomic mass is 32.2. The van der Waals surface area contributed by atoms with Crippen LogP contribution in [-0.4, -0.2) is 51.8 Å². The third-order valence-corrected chi connectivity index (χ3v) is 7.43. The largest absolute Gasteiger partial charge is 0.353 e. The van der Waals surface area contributed by atoms with Crippen LogP contribution in [0.2, 0.25) is 0 Å². The second-order valence-corrected chi connectivity index (χ2v) is 10.6. The van der Waals surface area contributed by atoms with E-state index in [0.717, 1.165) is 22.5 Å². The van der Waals surface area contributed by atoms with E-state index < -0.39 is 10.0 Å². The number of hydrogen-bond acceptors (Lipinski definition) is 6. The van der Waals surface area contributed by atoms with E-state index >= 15 is 0 Å². The Morgan fingerprint density at radius 3 is 2.59 bits per heavy atom. The van der Waals surface area contributed by atoms with E-state index in [0.29, 0.717) is 42.7 Å². The monoisotopic (exact) mass is 480 g/mol. The molecule has 0 atom stereocenters. The first-order valence-electron chi connectivity index (χ1n) is 11.1. The number of halogens is 1. The summed E-state index contributed by atoms with van der Waals surface area (Å²) < 4.78 is 41.4. The van der Waals surface area contributed by atoms with Crippen LogP contribution < -0.4 is 5.32 Å². The molecular formula is C24H25FN6O2S. The Morgan fingerprint density at radius 1 is 1.06 bits per heavy atom. The minimum Gasteiger partial charge on any atom is -0.353 e. The van der Waals surface area contributed by atoms with Crippen molar-refractivity contribution < 1.29 is 12.8 Å². The molecule has 5 rings (SSSR count). The molecule has 0 spiro atoms. The molecule has 0 unspecified atom stereocenters. The average Bonchev–Trinajstić information content (AvgIpc) is 3.26. The molecule has 1 aliphatic rings. The molecule has 176 valence electrons. The fourth-order valence-electron chi connectivity index (χ4n) is 4.31. The number of fused-ring (bicyclic) bond motifs is 1. The summed E-state index contributed by atoms with van der Waals surface area (Å²) in [5.74, 6) is -0.317. The maximum Gasteiger partial charge on any atom is 0.211 e. The van der Waals surface area contributed by atoms with Gasteiger partial charge in [0, 0.05) is 36.7 Å². The molecule has 0 aliphatic carbocycles. The fourth-order valence-corrected chi connectivity index (χ4v) is 5.19. The zero-order chi connectivity index (χ0) is 23.9. The maximum absolute atomic E-state index is 14.4. The minimum absolute atomic E-state index is 0.108. The highest BCUT2D eigenvalue weighted by molar-refractivity contribution is 7.88. The van der Waals surface area contributed by atoms with Gasteiger partial charge in [-0.2, -0.15) is 5.10 Å². The third kappa shape index (κ3) is 4.51. The summed E-state index contributed by atoms with van der Waals surface area (Å²) >= 11 is 0. The molecule has 1 aromatic carbocycles. The van der Waals surface area contributed by atoms with Gasteiger partial charge in [-0.15, -0.1) is 0 Å². The number of sulfonamides is 1. The van der Waals surface area contributed by atoms with E-state index in [-0.39, 0.29) is 11.9 Å². The molecule has 4 heterocycles. The first-order valence-corrected chi connectivity index (χ1v) is 12.9. The van der Waals surface area contributed by atoms with Crippen LogP contribution in [0.1, 0.15) is 24.4 Å². The topological polar surface area (TPSA) is 93.0 Å². The van der Waals surface area contributed by atoms with Crippen LogP contribution in [0.25, 0.3) is 22.3 Å². The van der Waals surface area contributed by atoms with E-state index in [4.69, 9.17) is 5.10 Å². The minimum atomic E-state index is -3.17. The van der Waals surface area contributed by atoms with Crippen LogP contribution >= 0.6 is 0 Å². The Morgan fingerprint density at radius 2 is 1.82 bits per heavy atom. The lowest BCUT2D eigenvalue weighted by Crippen LogP contribution is -2.38. The standard InChI is InChI=1S/C24H25FN6O2S/c1-16-3-4-20(25)19(13-16)22-14-17(5-9-26-22)28-21-6-10-27-23-15-31(29-24(21)23)18-7-11-30(12-8-18)34(2,32)33/h3-6,9-10,13-15,18H,7-8,11-12H2,1-2H3,(H,26,28). The van der Waals surface area contributed by atoms with Crippen molar-refractivity contribution in [2.75, 3.05) is 24.7 Å². The van der Waals surface area contributed by atoms with E-state index in [9.17, 15) is 12.8 Å². The molecular weight excluding hydrogens is 455 g/mol. The predicted octanol–water partition coefficient (Wildman–Crippen LogP) is 4.28. The van der Waals surface area contributed by atoms with Gasteiger partial charge in [0.2, 0.25) is 10.0 Å². The first-order chi connectivity index (χ1) is 16.3. The van der Waals surface area contributed by atoms with Gasteiger partial charge in [0.25, 0.3) is 0 Å². The van der Waals surface area contributed by atoms with E-state index in [2.05, 4.69) is 15.3 Å². The number of nitrogens with one attached hydrogen (secondary N) is 1. The van der Waals surface area contributed by atoms with Crippen molar-refractivity contribution in [1.82, 2.24) is 24.1 Å². The third-order valence-electron chi connectivity index (χ3n) is 6.13. The van der Waals surface area contributed by atoms with Gasteiger partial charge in [-0.05, 0) is 50.1 Å². The zero-order valence-corrected chi connectivity index (χ0v) is 19.8. The molecule has 0 amide bonds. The smallest absolute Gasteiger partial charge is 0.211 e. The van der Waals surface area contributed by atoms with Crippen molar-refractivity contribution >= 4 is 32.4 Å². The molecule has 1 aliphatic heterocycles. The summed E-state index contributed by atoms with van der Waals surface area (Å²) in [6, 6.07) is 10.5. The molecule has 0 bridgehead atoms. The van der Waals surface area contributed by atoms with Crippen molar-refractivity contribution in [2.24, 2.45) is 0 Å². The highest BCUT2D eigenvalue weighted by Crippen LogP contribution is 2.30. The number of pyridine rings is 2. The number of anilines is 2. The summed E-state index contributed by atoms with van der Waals surface area (Å²) in [5.41, 5.74) is 4.95. The summed E-state index contributed by atoms with van der Waals surface area (Å²) in [6.07, 6.45) is 7.90. The number of rotatable bonds is 5. The first kappa shape index (κ1) is 22.4. The zero-order valence-electron chi connectivity index (χ0n) is 18.9. The van der Waals surface area contributed by atoms with Crippen LogP contribution in [0.4, 0.5) is 15.8 Å². The van der Waals surface area contributed by atoms with Gasteiger partial charge in [-0.25, -0.2) is 17.1 Å². The molecule has 1 saturated heterocycles. The van der Waals surface area contributed by atoms with Gasteiger partial charge >= 0.3 is 0 Å². The SMILES string of the molecule is Cc1ccc(F)c(-c2cc(Nc3ccnc4cn(C5CCN(S(C)(=O)=O)CC5)nc34)ccn2)c1. The number of aryl methyl sites for hydroxylation is 1. The normalized spacial score (nSPS) is 15.6. The van der Waals surface area contributed by atoms with Gasteiger partial charge in [-0.1, -0.05) is 11.6 Å². The van der Waals surface area contributed by atoms with Crippen LogP contribution in [0.5, 0.6) is 0 Å². The van der Waals surface area contributed by atoms with Crippen molar-refractivity contribution in [3.8, 4) is 11.3 Å². The predicted molar refractivity (Wildman–Crippen MR) is 130 cm³/mol. The quantitative estimate of drug-likeness (QED) is 0.458. The highest BCUT2D eigenvalue weighted by Gasteiger charge is 2.26. The second-order valence-electron chi connectivity index (χ2n) is 8.63. The molecule has 4 aromatic rings.